The van der Waals surface area contributed by atoms with Gasteiger partial charge in [-0.15, -0.1) is 0 Å². The molecule has 0 saturated carbocycles. The fourth-order valence-electron chi connectivity index (χ4n) is 4.73. The predicted octanol–water partition coefficient (Wildman–Crippen LogP) is 8.23. The highest BCUT2D eigenvalue weighted by atomic mass is 16.5. The van der Waals surface area contributed by atoms with E-state index in [2.05, 4.69) is 18.0 Å². The Labute approximate surface area is 208 Å². The third kappa shape index (κ3) is 12.1. The summed E-state index contributed by atoms with van der Waals surface area (Å²) < 4.78 is 5.41. The molecule has 1 aromatic carbocycles. The fraction of sp³-hybridized carbons (Fsp3) is 0.700. The molecular weight excluding hydrogens is 420 g/mol. The smallest absolute Gasteiger partial charge is 0.323 e. The molecule has 0 bridgehead atoms. The summed E-state index contributed by atoms with van der Waals surface area (Å²) in [6.07, 6.45) is 25.3. The molecule has 0 fully saturated rings. The lowest BCUT2D eigenvalue weighted by atomic mass is 10.0. The molecule has 0 aliphatic heterocycles. The maximum atomic E-state index is 12.2. The molecule has 0 aliphatic rings. The zero-order chi connectivity index (χ0) is 24.3. The molecule has 34 heavy (non-hydrogen) atoms. The molecule has 0 radical (unpaired) electrons. The standard InChI is InChI=1S/C30H50N2O2/c1-2-3-4-5-6-7-8-9-10-11-12-13-14-15-16-17-20-23-34-30(33)28(31)24-26-25-32-29-22-19-18-21-27(26)29/h18-19,21-22,25,28,32H,2-17,20,23-24,31H2,1H3. The van der Waals surface area contributed by atoms with Crippen molar-refractivity contribution in [3.05, 3.63) is 36.0 Å². The Balaban J connectivity index is 1.35. The van der Waals surface area contributed by atoms with E-state index in [-0.39, 0.29) is 5.97 Å². The molecule has 192 valence electrons. The summed E-state index contributed by atoms with van der Waals surface area (Å²) in [5.41, 5.74) is 8.23. The van der Waals surface area contributed by atoms with Gasteiger partial charge in [0.15, 0.2) is 0 Å². The number of para-hydroxylation sites is 1. The van der Waals surface area contributed by atoms with E-state index in [1.54, 1.807) is 0 Å². The third-order valence-electron chi connectivity index (χ3n) is 6.91. The van der Waals surface area contributed by atoms with Crippen molar-refractivity contribution in [3.8, 4) is 0 Å². The highest BCUT2D eigenvalue weighted by Gasteiger charge is 2.17. The van der Waals surface area contributed by atoms with E-state index in [1.165, 1.54) is 96.3 Å². The van der Waals surface area contributed by atoms with Gasteiger partial charge in [0.2, 0.25) is 0 Å². The minimum atomic E-state index is -0.606. The lowest BCUT2D eigenvalue weighted by Gasteiger charge is -2.11. The summed E-state index contributed by atoms with van der Waals surface area (Å²) in [6, 6.07) is 7.47. The van der Waals surface area contributed by atoms with Gasteiger partial charge in [0.05, 0.1) is 6.61 Å². The largest absolute Gasteiger partial charge is 0.465 e. The number of aromatic amines is 1. The first-order valence-electron chi connectivity index (χ1n) is 14.2. The van der Waals surface area contributed by atoms with Gasteiger partial charge >= 0.3 is 5.97 Å². The van der Waals surface area contributed by atoms with E-state index in [1.807, 2.05) is 24.4 Å². The summed E-state index contributed by atoms with van der Waals surface area (Å²) >= 11 is 0. The molecule has 2 aromatic rings. The highest BCUT2D eigenvalue weighted by molar-refractivity contribution is 5.84. The van der Waals surface area contributed by atoms with Gasteiger partial charge in [-0.1, -0.05) is 128 Å². The van der Waals surface area contributed by atoms with Crippen LogP contribution in [0.2, 0.25) is 0 Å². The van der Waals surface area contributed by atoms with Crippen LogP contribution in [0, 0.1) is 0 Å². The Morgan fingerprint density at radius 1 is 0.794 bits per heavy atom. The molecule has 0 amide bonds. The minimum Gasteiger partial charge on any atom is -0.465 e. The molecule has 1 atom stereocenters. The van der Waals surface area contributed by atoms with Crippen LogP contribution in [-0.2, 0) is 16.0 Å². The SMILES string of the molecule is CCCCCCCCCCCCCCCCCCCOC(=O)C(N)Cc1c[nH]c2ccccc12. The van der Waals surface area contributed by atoms with Gasteiger partial charge in [-0.3, -0.25) is 4.79 Å². The Morgan fingerprint density at radius 2 is 1.29 bits per heavy atom. The number of hydrogen-bond donors (Lipinski definition) is 2. The van der Waals surface area contributed by atoms with Crippen LogP contribution >= 0.6 is 0 Å². The van der Waals surface area contributed by atoms with Crippen LogP contribution in [0.1, 0.15) is 122 Å². The van der Waals surface area contributed by atoms with Crippen molar-refractivity contribution in [2.24, 2.45) is 5.73 Å². The van der Waals surface area contributed by atoms with Crippen molar-refractivity contribution in [1.82, 2.24) is 4.98 Å². The van der Waals surface area contributed by atoms with Crippen molar-refractivity contribution in [3.63, 3.8) is 0 Å². The number of nitrogens with two attached hydrogens (primary N) is 1. The van der Waals surface area contributed by atoms with Crippen LogP contribution in [0.15, 0.2) is 30.5 Å². The topological polar surface area (TPSA) is 68.1 Å². The molecule has 0 aliphatic carbocycles. The first-order chi connectivity index (χ1) is 16.7. The Morgan fingerprint density at radius 3 is 1.85 bits per heavy atom. The van der Waals surface area contributed by atoms with Crippen LogP contribution in [0.5, 0.6) is 0 Å². The van der Waals surface area contributed by atoms with E-state index in [0.29, 0.717) is 13.0 Å². The maximum Gasteiger partial charge on any atom is 0.323 e. The number of esters is 1. The van der Waals surface area contributed by atoms with Crippen LogP contribution < -0.4 is 5.73 Å². The predicted molar refractivity (Wildman–Crippen MR) is 145 cm³/mol. The second-order valence-corrected chi connectivity index (χ2v) is 9.99. The zero-order valence-electron chi connectivity index (χ0n) is 21.8. The highest BCUT2D eigenvalue weighted by Crippen LogP contribution is 2.19. The number of hydrogen-bond acceptors (Lipinski definition) is 3. The summed E-state index contributed by atoms with van der Waals surface area (Å²) in [5.74, 6) is -0.290. The second kappa shape index (κ2) is 18.5. The van der Waals surface area contributed by atoms with Gasteiger partial charge in [0, 0.05) is 23.5 Å². The second-order valence-electron chi connectivity index (χ2n) is 9.99. The van der Waals surface area contributed by atoms with Crippen molar-refractivity contribution in [1.29, 1.82) is 0 Å². The summed E-state index contributed by atoms with van der Waals surface area (Å²) in [7, 11) is 0. The van der Waals surface area contributed by atoms with Crippen molar-refractivity contribution in [2.45, 2.75) is 129 Å². The molecule has 1 aromatic heterocycles. The molecule has 4 heteroatoms. The number of rotatable bonds is 21. The maximum absolute atomic E-state index is 12.2. The minimum absolute atomic E-state index is 0.290. The zero-order valence-corrected chi connectivity index (χ0v) is 21.8. The van der Waals surface area contributed by atoms with Gasteiger partial charge in [0.1, 0.15) is 6.04 Å². The molecular formula is C30H50N2O2. The monoisotopic (exact) mass is 470 g/mol. The number of aromatic nitrogens is 1. The average Bonchev–Trinajstić information content (AvgIpc) is 3.26. The number of unbranched alkanes of at least 4 members (excludes halogenated alkanes) is 16. The quantitative estimate of drug-likeness (QED) is 0.143. The lowest BCUT2D eigenvalue weighted by Crippen LogP contribution is -2.34. The Hall–Kier alpha value is -1.81. The first kappa shape index (κ1) is 28.4. The van der Waals surface area contributed by atoms with Crippen LogP contribution in [0.4, 0.5) is 0 Å². The first-order valence-corrected chi connectivity index (χ1v) is 14.2. The van der Waals surface area contributed by atoms with Crippen molar-refractivity contribution >= 4 is 16.9 Å². The number of ether oxygens (including phenoxy) is 1. The number of carbonyl (C=O) groups is 1. The van der Waals surface area contributed by atoms with E-state index >= 15 is 0 Å². The van der Waals surface area contributed by atoms with Gasteiger partial charge in [-0.25, -0.2) is 0 Å². The van der Waals surface area contributed by atoms with E-state index in [9.17, 15) is 4.79 Å². The van der Waals surface area contributed by atoms with E-state index in [0.717, 1.165) is 29.3 Å². The van der Waals surface area contributed by atoms with Crippen LogP contribution in [-0.4, -0.2) is 23.6 Å². The van der Waals surface area contributed by atoms with Gasteiger partial charge < -0.3 is 15.5 Å². The van der Waals surface area contributed by atoms with Crippen molar-refractivity contribution in [2.75, 3.05) is 6.61 Å². The molecule has 1 heterocycles. The third-order valence-corrected chi connectivity index (χ3v) is 6.91. The molecule has 1 unspecified atom stereocenters. The number of carbonyl (C=O) groups excluding carboxylic acids is 1. The number of nitrogens with one attached hydrogen (secondary N) is 1. The molecule has 2 rings (SSSR count). The lowest BCUT2D eigenvalue weighted by molar-refractivity contribution is -0.145. The van der Waals surface area contributed by atoms with E-state index < -0.39 is 6.04 Å². The van der Waals surface area contributed by atoms with Crippen molar-refractivity contribution < 1.29 is 9.53 Å². The Bertz CT molecular complexity index is 770. The molecule has 3 N–H and O–H groups in total. The Kier molecular flexibility index (Phi) is 15.5. The fourth-order valence-corrected chi connectivity index (χ4v) is 4.73. The number of benzene rings is 1. The van der Waals surface area contributed by atoms with Crippen LogP contribution in [0.25, 0.3) is 10.9 Å². The summed E-state index contributed by atoms with van der Waals surface area (Å²) in [4.78, 5) is 15.4. The normalized spacial score (nSPS) is 12.3. The molecule has 0 saturated heterocycles. The molecule has 4 nitrogen and oxygen atoms in total. The average molecular weight is 471 g/mol. The molecule has 0 spiro atoms. The number of H-pyrrole nitrogens is 1. The van der Waals surface area contributed by atoms with E-state index in [4.69, 9.17) is 10.5 Å². The van der Waals surface area contributed by atoms with Gasteiger partial charge in [-0.05, 0) is 18.1 Å². The van der Waals surface area contributed by atoms with Gasteiger partial charge in [-0.2, -0.15) is 0 Å². The van der Waals surface area contributed by atoms with Gasteiger partial charge in [0.25, 0.3) is 0 Å². The number of fused-ring (bicyclic) bond motifs is 1. The van der Waals surface area contributed by atoms with Crippen LogP contribution in [0.3, 0.4) is 0 Å². The summed E-state index contributed by atoms with van der Waals surface area (Å²) in [5, 5.41) is 1.12. The summed E-state index contributed by atoms with van der Waals surface area (Å²) in [6.45, 7) is 2.77.